The van der Waals surface area contributed by atoms with Crippen LogP contribution in [0.1, 0.15) is 16.1 Å². The second kappa shape index (κ2) is 6.88. The van der Waals surface area contributed by atoms with E-state index in [9.17, 15) is 13.2 Å². The van der Waals surface area contributed by atoms with Crippen molar-refractivity contribution in [3.05, 3.63) is 64.9 Å². The van der Waals surface area contributed by atoms with Crippen molar-refractivity contribution in [2.75, 3.05) is 13.1 Å². The van der Waals surface area contributed by atoms with E-state index in [1.807, 2.05) is 0 Å². The van der Waals surface area contributed by atoms with Gasteiger partial charge in [0.15, 0.2) is 0 Å². The van der Waals surface area contributed by atoms with Gasteiger partial charge in [0.05, 0.1) is 12.2 Å². The topological polar surface area (TPSA) is 79.4 Å². The number of hydrogen-bond donors (Lipinski definition) is 1. The molecule has 1 aromatic heterocycles. The maximum Gasteiger partial charge on any atom is 0.253 e. The van der Waals surface area contributed by atoms with Gasteiger partial charge in [-0.2, -0.15) is 0 Å². The molecule has 1 aliphatic rings. The fourth-order valence-electron chi connectivity index (χ4n) is 2.40. The van der Waals surface area contributed by atoms with Crippen molar-refractivity contribution in [2.24, 2.45) is 0 Å². The Balaban J connectivity index is 1.56. The molecule has 2 aromatic rings. The summed E-state index contributed by atoms with van der Waals surface area (Å²) in [4.78, 5) is 17.8. The van der Waals surface area contributed by atoms with Crippen LogP contribution in [-0.4, -0.2) is 42.5 Å². The van der Waals surface area contributed by atoms with E-state index < -0.39 is 15.3 Å². The predicted octanol–water partition coefficient (Wildman–Crippen LogP) is 1.68. The summed E-state index contributed by atoms with van der Waals surface area (Å²) >= 11 is 5.87. The number of sulfonamides is 1. The summed E-state index contributed by atoms with van der Waals surface area (Å²) in [6.07, 6.45) is 1.61. The summed E-state index contributed by atoms with van der Waals surface area (Å²) in [7, 11) is -3.49. The molecule has 8 heteroatoms. The minimum atomic E-state index is -3.49. The zero-order chi connectivity index (χ0) is 17.2. The molecule has 1 N–H and O–H groups in total. The molecule has 1 fully saturated rings. The van der Waals surface area contributed by atoms with Crippen LogP contribution in [0.3, 0.4) is 0 Å². The van der Waals surface area contributed by atoms with Gasteiger partial charge in [0.1, 0.15) is 5.25 Å². The van der Waals surface area contributed by atoms with Crippen LogP contribution in [0.15, 0.2) is 48.7 Å². The van der Waals surface area contributed by atoms with Crippen molar-refractivity contribution < 1.29 is 13.2 Å². The number of carbonyl (C=O) groups is 1. The van der Waals surface area contributed by atoms with Gasteiger partial charge in [-0.05, 0) is 30.3 Å². The molecule has 1 amide bonds. The monoisotopic (exact) mass is 365 g/mol. The summed E-state index contributed by atoms with van der Waals surface area (Å²) in [5.74, 6) is -0.214. The molecule has 0 atom stereocenters. The van der Waals surface area contributed by atoms with Crippen LogP contribution >= 0.6 is 11.6 Å². The third-order valence-electron chi connectivity index (χ3n) is 3.83. The Morgan fingerprint density at radius 1 is 1.25 bits per heavy atom. The van der Waals surface area contributed by atoms with Crippen LogP contribution < -0.4 is 4.72 Å². The highest BCUT2D eigenvalue weighted by atomic mass is 35.5. The quantitative estimate of drug-likeness (QED) is 0.874. The molecule has 3 rings (SSSR count). The van der Waals surface area contributed by atoms with E-state index in [-0.39, 0.29) is 25.5 Å². The van der Waals surface area contributed by atoms with E-state index in [4.69, 9.17) is 11.6 Å². The summed E-state index contributed by atoms with van der Waals surface area (Å²) in [6, 6.07) is 11.9. The third-order valence-corrected chi connectivity index (χ3v) is 5.78. The number of likely N-dealkylation sites (tertiary alicyclic amines) is 1. The lowest BCUT2D eigenvalue weighted by Gasteiger charge is -2.38. The molecular weight excluding hydrogens is 350 g/mol. The molecule has 0 saturated carbocycles. The number of halogens is 1. The Kier molecular flexibility index (Phi) is 4.84. The summed E-state index contributed by atoms with van der Waals surface area (Å²) in [6.45, 7) is 0.480. The molecule has 0 radical (unpaired) electrons. The second-order valence-electron chi connectivity index (χ2n) is 5.53. The lowest BCUT2D eigenvalue weighted by molar-refractivity contribution is 0.0658. The molecule has 0 bridgehead atoms. The molecular formula is C16H16ClN3O3S. The van der Waals surface area contributed by atoms with Crippen LogP contribution in [0.25, 0.3) is 0 Å². The Morgan fingerprint density at radius 3 is 2.71 bits per heavy atom. The molecule has 24 heavy (non-hydrogen) atoms. The highest BCUT2D eigenvalue weighted by molar-refractivity contribution is 7.90. The second-order valence-corrected chi connectivity index (χ2v) is 8.01. The maximum atomic E-state index is 12.3. The molecule has 0 unspecified atom stereocenters. The average Bonchev–Trinajstić information content (AvgIpc) is 2.52. The van der Waals surface area contributed by atoms with Crippen molar-refractivity contribution in [1.82, 2.24) is 14.6 Å². The van der Waals surface area contributed by atoms with Gasteiger partial charge in [0, 0.05) is 29.9 Å². The van der Waals surface area contributed by atoms with Gasteiger partial charge in [0.25, 0.3) is 5.91 Å². The largest absolute Gasteiger partial charge is 0.336 e. The van der Waals surface area contributed by atoms with Gasteiger partial charge in [0.2, 0.25) is 10.0 Å². The van der Waals surface area contributed by atoms with Crippen LogP contribution in [0.4, 0.5) is 0 Å². The summed E-state index contributed by atoms with van der Waals surface area (Å²) in [5.41, 5.74) is 1.10. The highest BCUT2D eigenvalue weighted by Crippen LogP contribution is 2.20. The van der Waals surface area contributed by atoms with Crippen LogP contribution in [-0.2, 0) is 16.6 Å². The van der Waals surface area contributed by atoms with Crippen molar-refractivity contribution in [3.8, 4) is 0 Å². The Hall–Kier alpha value is -1.96. The van der Waals surface area contributed by atoms with E-state index in [1.54, 1.807) is 48.7 Å². The molecule has 0 spiro atoms. The summed E-state index contributed by atoms with van der Waals surface area (Å²) < 4.78 is 27.0. The highest BCUT2D eigenvalue weighted by Gasteiger charge is 2.39. The first-order valence-corrected chi connectivity index (χ1v) is 9.31. The van der Waals surface area contributed by atoms with Crippen molar-refractivity contribution >= 4 is 27.5 Å². The van der Waals surface area contributed by atoms with Gasteiger partial charge in [-0.3, -0.25) is 9.78 Å². The Bertz CT molecular complexity index is 837. The average molecular weight is 366 g/mol. The molecule has 2 heterocycles. The number of amides is 1. The number of pyridine rings is 1. The number of hydrogen-bond acceptors (Lipinski definition) is 4. The van der Waals surface area contributed by atoms with Gasteiger partial charge < -0.3 is 4.90 Å². The standard InChI is InChI=1S/C16H16ClN3O3S/c17-13-5-3-4-12(8-13)16(21)20-10-15(11-20)24(22,23)19-9-14-6-1-2-7-18-14/h1-8,15,19H,9-11H2. The van der Waals surface area contributed by atoms with Gasteiger partial charge >= 0.3 is 0 Å². The van der Waals surface area contributed by atoms with E-state index in [1.165, 1.54) is 4.90 Å². The van der Waals surface area contributed by atoms with E-state index in [0.29, 0.717) is 16.3 Å². The van der Waals surface area contributed by atoms with Crippen molar-refractivity contribution in [2.45, 2.75) is 11.8 Å². The fourth-order valence-corrected chi connectivity index (χ4v) is 3.93. The maximum absolute atomic E-state index is 12.3. The number of carbonyl (C=O) groups excluding carboxylic acids is 1. The van der Waals surface area contributed by atoms with Gasteiger partial charge in [-0.15, -0.1) is 0 Å². The predicted molar refractivity (Wildman–Crippen MR) is 91.1 cm³/mol. The van der Waals surface area contributed by atoms with E-state index in [0.717, 1.165) is 0 Å². The molecule has 1 aromatic carbocycles. The van der Waals surface area contributed by atoms with Crippen LogP contribution in [0.5, 0.6) is 0 Å². The van der Waals surface area contributed by atoms with Crippen LogP contribution in [0.2, 0.25) is 5.02 Å². The number of nitrogens with zero attached hydrogens (tertiary/aromatic N) is 2. The first kappa shape index (κ1) is 16.9. The lowest BCUT2D eigenvalue weighted by Crippen LogP contribution is -2.59. The Morgan fingerprint density at radius 2 is 2.04 bits per heavy atom. The number of aromatic nitrogens is 1. The molecule has 0 aliphatic carbocycles. The minimum Gasteiger partial charge on any atom is -0.336 e. The van der Waals surface area contributed by atoms with Crippen molar-refractivity contribution in [1.29, 1.82) is 0 Å². The first-order valence-electron chi connectivity index (χ1n) is 7.39. The molecule has 6 nitrogen and oxygen atoms in total. The number of rotatable bonds is 5. The number of nitrogens with one attached hydrogen (secondary N) is 1. The lowest BCUT2D eigenvalue weighted by atomic mass is 10.1. The fraction of sp³-hybridized carbons (Fsp3) is 0.250. The smallest absolute Gasteiger partial charge is 0.253 e. The van der Waals surface area contributed by atoms with E-state index in [2.05, 4.69) is 9.71 Å². The van der Waals surface area contributed by atoms with E-state index >= 15 is 0 Å². The van der Waals surface area contributed by atoms with Gasteiger partial charge in [-0.1, -0.05) is 23.7 Å². The normalized spacial score (nSPS) is 15.1. The van der Waals surface area contributed by atoms with Crippen LogP contribution in [0, 0.1) is 0 Å². The van der Waals surface area contributed by atoms with Gasteiger partial charge in [-0.25, -0.2) is 13.1 Å². The zero-order valence-corrected chi connectivity index (χ0v) is 14.3. The minimum absolute atomic E-state index is 0.141. The molecule has 126 valence electrons. The third kappa shape index (κ3) is 3.75. The zero-order valence-electron chi connectivity index (χ0n) is 12.7. The first-order chi connectivity index (χ1) is 11.5. The molecule has 1 aliphatic heterocycles. The number of benzene rings is 1. The molecule has 1 saturated heterocycles. The Labute approximate surface area is 145 Å². The van der Waals surface area contributed by atoms with Crippen molar-refractivity contribution in [3.63, 3.8) is 0 Å². The SMILES string of the molecule is O=C(c1cccc(Cl)c1)N1CC(S(=O)(=O)NCc2ccccn2)C1. The summed E-state index contributed by atoms with van der Waals surface area (Å²) in [5, 5.41) is -0.132.